The van der Waals surface area contributed by atoms with Gasteiger partial charge in [0.15, 0.2) is 0 Å². The lowest BCUT2D eigenvalue weighted by Gasteiger charge is -2.26. The van der Waals surface area contributed by atoms with Crippen molar-refractivity contribution in [2.75, 3.05) is 19.7 Å². The summed E-state index contributed by atoms with van der Waals surface area (Å²) in [4.78, 5) is 2.24. The van der Waals surface area contributed by atoms with Crippen LogP contribution >= 0.6 is 0 Å². The number of nitrogens with zero attached hydrogens (tertiary/aromatic N) is 1. The molecule has 4 nitrogen and oxygen atoms in total. The van der Waals surface area contributed by atoms with E-state index < -0.39 is 0 Å². The second-order valence-electron chi connectivity index (χ2n) is 5.86. The Morgan fingerprint density at radius 2 is 2.38 bits per heavy atom. The number of allylic oxidation sites excluding steroid dienone is 1. The molecule has 2 atom stereocenters. The van der Waals surface area contributed by atoms with Gasteiger partial charge in [0, 0.05) is 19.7 Å². The lowest BCUT2D eigenvalue weighted by Crippen LogP contribution is -2.37. The highest BCUT2D eigenvalue weighted by molar-refractivity contribution is 5.05. The highest BCUT2D eigenvalue weighted by Gasteiger charge is 2.21. The van der Waals surface area contributed by atoms with Gasteiger partial charge in [0.1, 0.15) is 11.5 Å². The maximum atomic E-state index is 10.1. The zero-order chi connectivity index (χ0) is 15.1. The third-order valence-corrected chi connectivity index (χ3v) is 3.83. The fourth-order valence-corrected chi connectivity index (χ4v) is 2.77. The largest absolute Gasteiger partial charge is 0.465 e. The number of aryl methyl sites for hydroxylation is 1. The smallest absolute Gasteiger partial charge is 0.118 e. The molecule has 21 heavy (non-hydrogen) atoms. The molecule has 1 N–H and O–H groups in total. The third kappa shape index (κ3) is 5.65. The Morgan fingerprint density at radius 1 is 1.52 bits per heavy atom. The van der Waals surface area contributed by atoms with Gasteiger partial charge in [-0.05, 0) is 44.7 Å². The van der Waals surface area contributed by atoms with Gasteiger partial charge in [-0.25, -0.2) is 0 Å². The van der Waals surface area contributed by atoms with Gasteiger partial charge >= 0.3 is 0 Å². The van der Waals surface area contributed by atoms with Crippen molar-refractivity contribution in [3.8, 4) is 0 Å². The summed E-state index contributed by atoms with van der Waals surface area (Å²) >= 11 is 0. The van der Waals surface area contributed by atoms with Crippen LogP contribution in [-0.2, 0) is 11.3 Å². The van der Waals surface area contributed by atoms with E-state index in [1.54, 1.807) is 0 Å². The Morgan fingerprint density at radius 3 is 3.00 bits per heavy atom. The first-order chi connectivity index (χ1) is 10.2. The fraction of sp³-hybridized carbons (Fsp3) is 0.647. The fourth-order valence-electron chi connectivity index (χ4n) is 2.77. The van der Waals surface area contributed by atoms with Crippen LogP contribution in [0.2, 0.25) is 0 Å². The average Bonchev–Trinajstić information content (AvgIpc) is 3.08. The van der Waals surface area contributed by atoms with Gasteiger partial charge in [-0.2, -0.15) is 0 Å². The van der Waals surface area contributed by atoms with Crippen molar-refractivity contribution in [3.05, 3.63) is 36.3 Å². The van der Waals surface area contributed by atoms with Crippen LogP contribution in [0.25, 0.3) is 0 Å². The van der Waals surface area contributed by atoms with E-state index in [1.807, 2.05) is 25.1 Å². The molecular weight excluding hydrogens is 266 g/mol. The molecule has 1 aliphatic rings. The molecule has 0 aliphatic carbocycles. The summed E-state index contributed by atoms with van der Waals surface area (Å²) in [5.41, 5.74) is 0. The molecule has 0 saturated carbocycles. The van der Waals surface area contributed by atoms with Crippen molar-refractivity contribution < 1.29 is 14.3 Å². The topological polar surface area (TPSA) is 45.8 Å². The molecule has 2 heterocycles. The van der Waals surface area contributed by atoms with Gasteiger partial charge in [0.25, 0.3) is 0 Å². The van der Waals surface area contributed by atoms with Crippen molar-refractivity contribution in [3.63, 3.8) is 0 Å². The molecule has 1 aromatic heterocycles. The zero-order valence-electron chi connectivity index (χ0n) is 13.0. The number of aliphatic hydroxyl groups is 1. The van der Waals surface area contributed by atoms with Crippen LogP contribution in [0.4, 0.5) is 0 Å². The zero-order valence-corrected chi connectivity index (χ0v) is 13.0. The number of hydrogen-bond acceptors (Lipinski definition) is 4. The Bertz CT molecular complexity index is 423. The molecule has 1 aliphatic heterocycles. The molecular formula is C17H27NO3. The molecule has 0 spiro atoms. The highest BCUT2D eigenvalue weighted by atomic mass is 16.5. The Hall–Kier alpha value is -1.10. The second kappa shape index (κ2) is 8.37. The van der Waals surface area contributed by atoms with E-state index in [0.717, 1.165) is 56.9 Å². The molecule has 2 rings (SSSR count). The summed E-state index contributed by atoms with van der Waals surface area (Å²) in [5, 5.41) is 10.1. The van der Waals surface area contributed by atoms with E-state index >= 15 is 0 Å². The summed E-state index contributed by atoms with van der Waals surface area (Å²) in [5.74, 6) is 1.87. The molecule has 2 unspecified atom stereocenters. The lowest BCUT2D eigenvalue weighted by molar-refractivity contribution is 0.0418. The van der Waals surface area contributed by atoms with Gasteiger partial charge in [0.2, 0.25) is 0 Å². The molecule has 1 aromatic rings. The Balaban J connectivity index is 1.90. The van der Waals surface area contributed by atoms with Crippen LogP contribution in [0.15, 0.2) is 29.2 Å². The van der Waals surface area contributed by atoms with Crippen LogP contribution in [0.1, 0.15) is 37.2 Å². The van der Waals surface area contributed by atoms with Crippen molar-refractivity contribution >= 4 is 0 Å². The van der Waals surface area contributed by atoms with Crippen molar-refractivity contribution in [1.82, 2.24) is 4.90 Å². The van der Waals surface area contributed by atoms with Crippen LogP contribution in [0.5, 0.6) is 0 Å². The van der Waals surface area contributed by atoms with Crippen LogP contribution in [0, 0.1) is 6.92 Å². The van der Waals surface area contributed by atoms with Gasteiger partial charge < -0.3 is 14.3 Å². The first-order valence-electron chi connectivity index (χ1n) is 7.85. The number of hydrogen-bond donors (Lipinski definition) is 1. The van der Waals surface area contributed by atoms with E-state index in [-0.39, 0.29) is 12.2 Å². The number of furan rings is 1. The molecule has 1 fully saturated rings. The van der Waals surface area contributed by atoms with Gasteiger partial charge in [-0.1, -0.05) is 6.08 Å². The summed E-state index contributed by atoms with van der Waals surface area (Å²) in [6.45, 7) is 8.73. The van der Waals surface area contributed by atoms with Crippen LogP contribution in [0.3, 0.4) is 0 Å². The lowest BCUT2D eigenvalue weighted by atomic mass is 10.1. The number of aliphatic hydroxyl groups excluding tert-OH is 1. The minimum atomic E-state index is -0.333. The SMILES string of the molecule is C=CCCC(O)CN(Cc1ccc(C)o1)CC1CCCO1. The molecule has 1 saturated heterocycles. The van der Waals surface area contributed by atoms with Crippen molar-refractivity contribution in [1.29, 1.82) is 0 Å². The number of rotatable bonds is 9. The minimum absolute atomic E-state index is 0.285. The van der Waals surface area contributed by atoms with Gasteiger partial charge in [-0.3, -0.25) is 4.90 Å². The van der Waals surface area contributed by atoms with Crippen LogP contribution < -0.4 is 0 Å². The molecule has 4 heteroatoms. The van der Waals surface area contributed by atoms with Crippen LogP contribution in [-0.4, -0.2) is 41.9 Å². The maximum Gasteiger partial charge on any atom is 0.118 e. The normalized spacial score (nSPS) is 20.0. The molecule has 0 aromatic carbocycles. The predicted octanol–water partition coefficient (Wildman–Crippen LogP) is 2.90. The summed E-state index contributed by atoms with van der Waals surface area (Å²) < 4.78 is 11.4. The van der Waals surface area contributed by atoms with E-state index in [1.165, 1.54) is 0 Å². The molecule has 118 valence electrons. The number of ether oxygens (including phenoxy) is 1. The van der Waals surface area contributed by atoms with E-state index in [0.29, 0.717) is 6.54 Å². The Labute approximate surface area is 127 Å². The third-order valence-electron chi connectivity index (χ3n) is 3.83. The van der Waals surface area contributed by atoms with Crippen molar-refractivity contribution in [2.45, 2.75) is 51.4 Å². The quantitative estimate of drug-likeness (QED) is 0.711. The van der Waals surface area contributed by atoms with Gasteiger partial charge in [-0.15, -0.1) is 6.58 Å². The standard InChI is InChI=1S/C17H27NO3/c1-3-4-6-15(19)11-18(12-16-7-5-10-20-16)13-17-9-8-14(2)21-17/h3,8-9,15-16,19H,1,4-7,10-13H2,2H3. The first-order valence-corrected chi connectivity index (χ1v) is 7.85. The van der Waals surface area contributed by atoms with Crippen molar-refractivity contribution in [2.24, 2.45) is 0 Å². The maximum absolute atomic E-state index is 10.1. The summed E-state index contributed by atoms with van der Waals surface area (Å²) in [6, 6.07) is 3.99. The Kier molecular flexibility index (Phi) is 6.49. The van der Waals surface area contributed by atoms with Gasteiger partial charge in [0.05, 0.1) is 18.8 Å². The minimum Gasteiger partial charge on any atom is -0.465 e. The second-order valence-corrected chi connectivity index (χ2v) is 5.86. The van der Waals surface area contributed by atoms with E-state index in [9.17, 15) is 5.11 Å². The van der Waals surface area contributed by atoms with E-state index in [4.69, 9.17) is 9.15 Å². The first kappa shape index (κ1) is 16.3. The molecule has 0 amide bonds. The summed E-state index contributed by atoms with van der Waals surface area (Å²) in [7, 11) is 0. The predicted molar refractivity (Wildman–Crippen MR) is 83.1 cm³/mol. The summed E-state index contributed by atoms with van der Waals surface area (Å²) in [6.07, 6.45) is 5.64. The molecule has 0 radical (unpaired) electrons. The average molecular weight is 293 g/mol. The molecule has 0 bridgehead atoms. The highest BCUT2D eigenvalue weighted by Crippen LogP contribution is 2.17. The monoisotopic (exact) mass is 293 g/mol. The van der Waals surface area contributed by atoms with E-state index in [2.05, 4.69) is 11.5 Å².